The summed E-state index contributed by atoms with van der Waals surface area (Å²) in [6, 6.07) is 9.64. The summed E-state index contributed by atoms with van der Waals surface area (Å²) in [5.74, 6) is 1.21. The van der Waals surface area contributed by atoms with Crippen LogP contribution in [0.15, 0.2) is 40.9 Å². The van der Waals surface area contributed by atoms with Crippen LogP contribution in [0.25, 0.3) is 0 Å². The van der Waals surface area contributed by atoms with Crippen LogP contribution in [-0.4, -0.2) is 53.5 Å². The van der Waals surface area contributed by atoms with E-state index >= 15 is 0 Å². The van der Waals surface area contributed by atoms with Gasteiger partial charge in [-0.3, -0.25) is 14.7 Å². The molecule has 0 aliphatic carbocycles. The highest BCUT2D eigenvalue weighted by molar-refractivity contribution is 5.92. The number of amides is 1. The molecule has 3 aliphatic heterocycles. The molecule has 0 N–H and O–H groups in total. The molecule has 5 heterocycles. The normalized spacial score (nSPS) is 23.5. The predicted molar refractivity (Wildman–Crippen MR) is 92.3 cm³/mol. The Balaban J connectivity index is 1.48. The molecule has 2 bridgehead atoms. The van der Waals surface area contributed by atoms with E-state index in [9.17, 15) is 4.79 Å². The van der Waals surface area contributed by atoms with Crippen LogP contribution < -0.4 is 4.74 Å². The van der Waals surface area contributed by atoms with Crippen LogP contribution in [0.5, 0.6) is 5.95 Å². The molecule has 3 saturated heterocycles. The molecule has 25 heavy (non-hydrogen) atoms. The number of furan rings is 1. The van der Waals surface area contributed by atoms with Crippen molar-refractivity contribution in [1.29, 1.82) is 0 Å². The van der Waals surface area contributed by atoms with E-state index in [2.05, 4.69) is 16.0 Å². The van der Waals surface area contributed by atoms with Gasteiger partial charge in [0.2, 0.25) is 0 Å². The van der Waals surface area contributed by atoms with Gasteiger partial charge in [-0.25, -0.2) is 0 Å². The fourth-order valence-electron chi connectivity index (χ4n) is 3.96. The quantitative estimate of drug-likeness (QED) is 0.855. The summed E-state index contributed by atoms with van der Waals surface area (Å²) in [5.41, 5.74) is 1.08. The van der Waals surface area contributed by atoms with Gasteiger partial charge in [0, 0.05) is 44.5 Å². The van der Waals surface area contributed by atoms with Gasteiger partial charge < -0.3 is 14.1 Å². The third kappa shape index (κ3) is 3.39. The number of piperidine rings is 1. The standard InChI is InChI=1S/C19H23N3O3/c1-24-18-8-7-17(25-18)19(23)22-11-14-5-6-16(22)13-21(10-14)12-15-4-2-3-9-20-15/h2-4,7-9,14,16H,5-6,10-13H2,1H3/t14-,16+/m1/s1. The fraction of sp³-hybridized carbons (Fsp3) is 0.474. The number of ether oxygens (including phenoxy) is 1. The second-order valence-electron chi connectivity index (χ2n) is 6.89. The van der Waals surface area contributed by atoms with Gasteiger partial charge in [0.05, 0.1) is 12.8 Å². The first-order chi connectivity index (χ1) is 12.2. The molecule has 2 aromatic heterocycles. The number of fused-ring (bicyclic) bond motifs is 4. The van der Waals surface area contributed by atoms with E-state index in [-0.39, 0.29) is 11.9 Å². The first-order valence-corrected chi connectivity index (χ1v) is 8.80. The zero-order chi connectivity index (χ0) is 17.2. The summed E-state index contributed by atoms with van der Waals surface area (Å²) in [5, 5.41) is 0. The number of hydrogen-bond donors (Lipinski definition) is 0. The Labute approximate surface area is 147 Å². The molecule has 0 aromatic carbocycles. The van der Waals surface area contributed by atoms with Crippen molar-refractivity contribution in [3.05, 3.63) is 48.0 Å². The number of nitrogens with zero attached hydrogens (tertiary/aromatic N) is 3. The number of hydrogen-bond acceptors (Lipinski definition) is 5. The summed E-state index contributed by atoms with van der Waals surface area (Å²) < 4.78 is 10.5. The number of aromatic nitrogens is 1. The van der Waals surface area contributed by atoms with Crippen LogP contribution >= 0.6 is 0 Å². The van der Waals surface area contributed by atoms with Gasteiger partial charge in [-0.2, -0.15) is 0 Å². The van der Waals surface area contributed by atoms with Gasteiger partial charge in [0.15, 0.2) is 5.76 Å². The Morgan fingerprint density at radius 2 is 2.16 bits per heavy atom. The second kappa shape index (κ2) is 6.88. The maximum atomic E-state index is 12.9. The molecule has 6 nitrogen and oxygen atoms in total. The van der Waals surface area contributed by atoms with Gasteiger partial charge in [-0.1, -0.05) is 6.07 Å². The average molecular weight is 341 g/mol. The smallest absolute Gasteiger partial charge is 0.290 e. The number of methoxy groups -OCH3 is 1. The molecule has 2 aromatic rings. The zero-order valence-electron chi connectivity index (χ0n) is 14.4. The van der Waals surface area contributed by atoms with Crippen molar-refractivity contribution >= 4 is 5.91 Å². The first kappa shape index (κ1) is 16.1. The molecule has 3 aliphatic rings. The number of carbonyl (C=O) groups excluding carboxylic acids is 1. The lowest BCUT2D eigenvalue weighted by Gasteiger charge is -2.35. The van der Waals surface area contributed by atoms with E-state index in [0.717, 1.165) is 38.3 Å². The third-order valence-corrected chi connectivity index (χ3v) is 5.16. The van der Waals surface area contributed by atoms with E-state index < -0.39 is 0 Å². The molecule has 0 unspecified atom stereocenters. The highest BCUT2D eigenvalue weighted by Gasteiger charge is 2.38. The predicted octanol–water partition coefficient (Wildman–Crippen LogP) is 2.42. The maximum absolute atomic E-state index is 12.9. The SMILES string of the molecule is COc1ccc(C(=O)N2C[C@@H]3CC[C@H]2CN(Cc2ccccn2)C3)o1. The Hall–Kier alpha value is -2.34. The van der Waals surface area contributed by atoms with E-state index in [4.69, 9.17) is 9.15 Å². The topological polar surface area (TPSA) is 58.8 Å². The molecule has 6 heteroatoms. The molecular formula is C19H23N3O3. The minimum absolute atomic E-state index is 0.0299. The summed E-state index contributed by atoms with van der Waals surface area (Å²) >= 11 is 0. The van der Waals surface area contributed by atoms with Crippen LogP contribution in [0.4, 0.5) is 0 Å². The highest BCUT2D eigenvalue weighted by atomic mass is 16.6. The molecular weight excluding hydrogens is 318 g/mol. The molecule has 5 rings (SSSR count). The summed E-state index contributed by atoms with van der Waals surface area (Å²) in [6.45, 7) is 3.53. The fourth-order valence-corrected chi connectivity index (χ4v) is 3.96. The van der Waals surface area contributed by atoms with E-state index in [1.54, 1.807) is 12.1 Å². The molecule has 2 atom stereocenters. The van der Waals surface area contributed by atoms with Crippen molar-refractivity contribution in [3.8, 4) is 5.95 Å². The Kier molecular flexibility index (Phi) is 4.44. The van der Waals surface area contributed by atoms with Crippen molar-refractivity contribution in [2.45, 2.75) is 25.4 Å². The van der Waals surface area contributed by atoms with Crippen LogP contribution in [0, 0.1) is 5.92 Å². The van der Waals surface area contributed by atoms with Crippen molar-refractivity contribution in [1.82, 2.24) is 14.8 Å². The monoisotopic (exact) mass is 341 g/mol. The van der Waals surface area contributed by atoms with Gasteiger partial charge >= 0.3 is 0 Å². The van der Waals surface area contributed by atoms with Crippen LogP contribution in [0.2, 0.25) is 0 Å². The Bertz CT molecular complexity index is 731. The minimum Gasteiger partial charge on any atom is -0.468 e. The zero-order valence-corrected chi connectivity index (χ0v) is 14.4. The molecule has 1 amide bonds. The number of rotatable bonds is 4. The Morgan fingerprint density at radius 1 is 1.24 bits per heavy atom. The maximum Gasteiger partial charge on any atom is 0.290 e. The van der Waals surface area contributed by atoms with E-state index in [0.29, 0.717) is 17.6 Å². The van der Waals surface area contributed by atoms with Crippen LogP contribution in [-0.2, 0) is 6.54 Å². The largest absolute Gasteiger partial charge is 0.468 e. The average Bonchev–Trinajstić information content (AvgIpc) is 2.96. The van der Waals surface area contributed by atoms with Gasteiger partial charge in [0.1, 0.15) is 0 Å². The molecule has 132 valence electrons. The lowest BCUT2D eigenvalue weighted by molar-refractivity contribution is 0.0547. The Morgan fingerprint density at radius 3 is 2.92 bits per heavy atom. The minimum atomic E-state index is -0.0299. The summed E-state index contributed by atoms with van der Waals surface area (Å²) in [6.07, 6.45) is 4.06. The summed E-state index contributed by atoms with van der Waals surface area (Å²) in [4.78, 5) is 21.7. The third-order valence-electron chi connectivity index (χ3n) is 5.16. The van der Waals surface area contributed by atoms with Gasteiger partial charge in [-0.15, -0.1) is 0 Å². The first-order valence-electron chi connectivity index (χ1n) is 8.80. The molecule has 0 saturated carbocycles. The van der Waals surface area contributed by atoms with E-state index in [1.165, 1.54) is 13.5 Å². The van der Waals surface area contributed by atoms with Gasteiger partial charge in [0.25, 0.3) is 11.9 Å². The lowest BCUT2D eigenvalue weighted by Crippen LogP contribution is -2.47. The number of carbonyl (C=O) groups is 1. The summed E-state index contributed by atoms with van der Waals surface area (Å²) in [7, 11) is 1.54. The lowest BCUT2D eigenvalue weighted by atomic mass is 9.95. The molecule has 0 spiro atoms. The highest BCUT2D eigenvalue weighted by Crippen LogP contribution is 2.30. The second-order valence-corrected chi connectivity index (χ2v) is 6.89. The van der Waals surface area contributed by atoms with Crippen LogP contribution in [0.1, 0.15) is 29.1 Å². The van der Waals surface area contributed by atoms with Crippen molar-refractivity contribution < 1.29 is 13.9 Å². The molecule has 3 fully saturated rings. The van der Waals surface area contributed by atoms with Gasteiger partial charge in [-0.05, 0) is 37.0 Å². The van der Waals surface area contributed by atoms with Crippen molar-refractivity contribution in [2.75, 3.05) is 26.7 Å². The van der Waals surface area contributed by atoms with E-state index in [1.807, 2.05) is 23.2 Å². The van der Waals surface area contributed by atoms with Crippen LogP contribution in [0.3, 0.4) is 0 Å². The number of pyridine rings is 1. The molecule has 0 radical (unpaired) electrons. The van der Waals surface area contributed by atoms with Crippen molar-refractivity contribution in [2.24, 2.45) is 5.92 Å². The van der Waals surface area contributed by atoms with Crippen molar-refractivity contribution in [3.63, 3.8) is 0 Å².